The molecule has 0 radical (unpaired) electrons. The third kappa shape index (κ3) is 4.95. The molecule has 3 unspecified atom stereocenters. The first-order chi connectivity index (χ1) is 22.2. The number of fused-ring (bicyclic) bond motifs is 2. The standard InChI is InChI=1S/C38H42N2O6/c1-5-7-13-21-45-36(44)32-31-34(42)40(30(24-41)27-15-9-8-10-16-27)33(38(31)23-25(3)37(32,4)46-38)35(43)39(20-6-2)29-19-18-26-14-11-12-17-28(26)22-29/h5-6,8-12,14-19,22,25,30-33,41H,1-2,7,13,20-21,23-24H2,3-4H3/t25?,30-,31+,32-,33?,37+,38?/m1/s1. The van der Waals surface area contributed by atoms with Crippen molar-refractivity contribution >= 4 is 34.2 Å². The molecule has 3 heterocycles. The molecule has 1 N–H and O–H groups in total. The SMILES string of the molecule is C=CCCCOC(=O)[C@H]1[C@H]2C(=O)N([C@H](CO)c3ccccc3)C(C(=O)N(CC=C)c3ccc4ccccc4c3)C23CC(C)[C@]1(C)O3. The summed E-state index contributed by atoms with van der Waals surface area (Å²) >= 11 is 0. The average Bonchev–Trinajstić information content (AvgIpc) is 3.58. The van der Waals surface area contributed by atoms with Gasteiger partial charge in [0, 0.05) is 12.2 Å². The number of hydrogen-bond acceptors (Lipinski definition) is 6. The minimum absolute atomic E-state index is 0.143. The van der Waals surface area contributed by atoms with Crippen molar-refractivity contribution in [3.8, 4) is 0 Å². The summed E-state index contributed by atoms with van der Waals surface area (Å²) in [7, 11) is 0. The van der Waals surface area contributed by atoms with Gasteiger partial charge in [0.15, 0.2) is 0 Å². The molecule has 6 rings (SSSR count). The Hall–Kier alpha value is -4.27. The van der Waals surface area contributed by atoms with Gasteiger partial charge in [-0.15, -0.1) is 13.2 Å². The van der Waals surface area contributed by atoms with Crippen LogP contribution in [-0.2, 0) is 23.9 Å². The molecule has 3 fully saturated rings. The van der Waals surface area contributed by atoms with Gasteiger partial charge in [-0.2, -0.15) is 0 Å². The Labute approximate surface area is 270 Å². The molecule has 0 aliphatic carbocycles. The normalized spacial score (nSPS) is 28.6. The first kappa shape index (κ1) is 31.7. The van der Waals surface area contributed by atoms with E-state index in [1.807, 2.05) is 86.6 Å². The molecule has 240 valence electrons. The van der Waals surface area contributed by atoms with Crippen molar-refractivity contribution in [1.82, 2.24) is 4.90 Å². The number of ether oxygens (including phenoxy) is 2. The van der Waals surface area contributed by atoms with E-state index in [9.17, 15) is 14.7 Å². The van der Waals surface area contributed by atoms with Crippen LogP contribution in [0.25, 0.3) is 10.8 Å². The highest BCUT2D eigenvalue weighted by atomic mass is 16.6. The van der Waals surface area contributed by atoms with Crippen LogP contribution in [0.2, 0.25) is 0 Å². The van der Waals surface area contributed by atoms with Crippen LogP contribution in [0, 0.1) is 17.8 Å². The Kier molecular flexibility index (Phi) is 8.61. The van der Waals surface area contributed by atoms with Crippen molar-refractivity contribution in [2.45, 2.75) is 56.4 Å². The van der Waals surface area contributed by atoms with Crippen molar-refractivity contribution in [1.29, 1.82) is 0 Å². The number of rotatable bonds is 12. The van der Waals surface area contributed by atoms with Gasteiger partial charge in [0.25, 0.3) is 5.91 Å². The van der Waals surface area contributed by atoms with E-state index in [0.29, 0.717) is 30.5 Å². The summed E-state index contributed by atoms with van der Waals surface area (Å²) in [6.07, 6.45) is 5.14. The van der Waals surface area contributed by atoms with Gasteiger partial charge >= 0.3 is 5.97 Å². The molecule has 2 amide bonds. The molecule has 1 spiro atoms. The zero-order chi connectivity index (χ0) is 32.6. The van der Waals surface area contributed by atoms with Crippen LogP contribution in [0.4, 0.5) is 5.69 Å². The summed E-state index contributed by atoms with van der Waals surface area (Å²) in [5, 5.41) is 12.8. The molecule has 8 heteroatoms. The Morgan fingerprint density at radius 3 is 2.50 bits per heavy atom. The van der Waals surface area contributed by atoms with Crippen molar-refractivity contribution in [2.75, 3.05) is 24.7 Å². The summed E-state index contributed by atoms with van der Waals surface area (Å²) in [6, 6.07) is 21.0. The third-order valence-electron chi connectivity index (χ3n) is 10.4. The maximum Gasteiger partial charge on any atom is 0.312 e. The fourth-order valence-electron chi connectivity index (χ4n) is 8.11. The second-order valence-electron chi connectivity index (χ2n) is 12.9. The number of carbonyl (C=O) groups is 3. The zero-order valence-corrected chi connectivity index (χ0v) is 26.5. The Morgan fingerprint density at radius 1 is 1.09 bits per heavy atom. The maximum atomic E-state index is 15.1. The lowest BCUT2D eigenvalue weighted by atomic mass is 9.62. The van der Waals surface area contributed by atoms with Gasteiger partial charge in [-0.25, -0.2) is 0 Å². The lowest BCUT2D eigenvalue weighted by molar-refractivity contribution is -0.162. The highest BCUT2D eigenvalue weighted by Gasteiger charge is 2.81. The number of amides is 2. The molecule has 7 atom stereocenters. The Bertz CT molecular complexity index is 1660. The lowest BCUT2D eigenvalue weighted by Crippen LogP contribution is -2.57. The molecular weight excluding hydrogens is 580 g/mol. The monoisotopic (exact) mass is 622 g/mol. The van der Waals surface area contributed by atoms with Gasteiger partial charge in [-0.3, -0.25) is 14.4 Å². The number of aliphatic hydroxyl groups is 1. The highest BCUT2D eigenvalue weighted by molar-refractivity contribution is 6.06. The number of anilines is 1. The van der Waals surface area contributed by atoms with Crippen LogP contribution < -0.4 is 4.90 Å². The van der Waals surface area contributed by atoms with Gasteiger partial charge in [0.05, 0.1) is 30.8 Å². The van der Waals surface area contributed by atoms with E-state index in [4.69, 9.17) is 9.47 Å². The molecule has 0 aromatic heterocycles. The molecular formula is C38H42N2O6. The highest BCUT2D eigenvalue weighted by Crippen LogP contribution is 2.66. The van der Waals surface area contributed by atoms with Gasteiger partial charge in [-0.05, 0) is 60.6 Å². The molecule has 8 nitrogen and oxygen atoms in total. The first-order valence-corrected chi connectivity index (χ1v) is 16.1. The summed E-state index contributed by atoms with van der Waals surface area (Å²) in [5.74, 6) is -3.23. The van der Waals surface area contributed by atoms with E-state index in [2.05, 4.69) is 13.2 Å². The molecule has 2 bridgehead atoms. The van der Waals surface area contributed by atoms with Crippen molar-refractivity contribution in [2.24, 2.45) is 17.8 Å². The third-order valence-corrected chi connectivity index (χ3v) is 10.4. The number of unbranched alkanes of at least 4 members (excludes halogenated alkanes) is 1. The largest absolute Gasteiger partial charge is 0.465 e. The molecule has 3 saturated heterocycles. The number of esters is 1. The summed E-state index contributed by atoms with van der Waals surface area (Å²) in [6.45, 7) is 11.5. The van der Waals surface area contributed by atoms with E-state index in [-0.39, 0.29) is 30.9 Å². The van der Waals surface area contributed by atoms with Gasteiger partial charge in [0.1, 0.15) is 17.6 Å². The van der Waals surface area contributed by atoms with Crippen LogP contribution in [0.5, 0.6) is 0 Å². The number of aliphatic hydroxyl groups excluding tert-OH is 1. The fourth-order valence-corrected chi connectivity index (χ4v) is 8.11. The van der Waals surface area contributed by atoms with Crippen LogP contribution in [-0.4, -0.2) is 64.8 Å². The molecule has 0 saturated carbocycles. The second kappa shape index (κ2) is 12.5. The van der Waals surface area contributed by atoms with Crippen molar-refractivity contribution in [3.05, 3.63) is 104 Å². The van der Waals surface area contributed by atoms with Gasteiger partial charge in [-0.1, -0.05) is 79.7 Å². The number of allylic oxidation sites excluding steroid dienone is 1. The van der Waals surface area contributed by atoms with E-state index in [1.165, 1.54) is 4.90 Å². The predicted molar refractivity (Wildman–Crippen MR) is 177 cm³/mol. The van der Waals surface area contributed by atoms with Gasteiger partial charge < -0.3 is 24.4 Å². The average molecular weight is 623 g/mol. The van der Waals surface area contributed by atoms with Crippen LogP contribution in [0.15, 0.2) is 98.1 Å². The summed E-state index contributed by atoms with van der Waals surface area (Å²) in [5.41, 5.74) is -0.966. The van der Waals surface area contributed by atoms with E-state index < -0.39 is 47.7 Å². The first-order valence-electron chi connectivity index (χ1n) is 16.1. The van der Waals surface area contributed by atoms with Crippen LogP contribution in [0.3, 0.4) is 0 Å². The minimum atomic E-state index is -1.30. The van der Waals surface area contributed by atoms with E-state index in [0.717, 1.165) is 10.8 Å². The maximum absolute atomic E-state index is 15.1. The van der Waals surface area contributed by atoms with Crippen LogP contribution >= 0.6 is 0 Å². The van der Waals surface area contributed by atoms with E-state index >= 15 is 4.79 Å². The number of benzene rings is 3. The fraction of sp³-hybridized carbons (Fsp3) is 0.395. The summed E-state index contributed by atoms with van der Waals surface area (Å²) in [4.78, 5) is 46.9. The number of nitrogens with zero attached hydrogens (tertiary/aromatic N) is 2. The van der Waals surface area contributed by atoms with Crippen LogP contribution in [0.1, 0.15) is 44.7 Å². The Balaban J connectivity index is 1.48. The number of carbonyl (C=O) groups excluding carboxylic acids is 3. The van der Waals surface area contributed by atoms with Crippen molar-refractivity contribution < 1.29 is 29.0 Å². The Morgan fingerprint density at radius 2 is 1.80 bits per heavy atom. The molecule has 3 aromatic carbocycles. The topological polar surface area (TPSA) is 96.4 Å². The molecule has 3 aromatic rings. The minimum Gasteiger partial charge on any atom is -0.465 e. The quantitative estimate of drug-likeness (QED) is 0.160. The zero-order valence-electron chi connectivity index (χ0n) is 26.5. The molecule has 3 aliphatic rings. The predicted octanol–water partition coefficient (Wildman–Crippen LogP) is 5.61. The van der Waals surface area contributed by atoms with Gasteiger partial charge in [0.2, 0.25) is 5.91 Å². The second-order valence-corrected chi connectivity index (χ2v) is 12.9. The number of hydrogen-bond donors (Lipinski definition) is 1. The summed E-state index contributed by atoms with van der Waals surface area (Å²) < 4.78 is 12.7. The molecule has 3 aliphatic heterocycles. The van der Waals surface area contributed by atoms with Crippen molar-refractivity contribution in [3.63, 3.8) is 0 Å². The number of likely N-dealkylation sites (tertiary alicyclic amines) is 1. The van der Waals surface area contributed by atoms with E-state index in [1.54, 1.807) is 17.1 Å². The lowest BCUT2D eigenvalue weighted by Gasteiger charge is -2.39. The smallest absolute Gasteiger partial charge is 0.312 e. The molecule has 46 heavy (non-hydrogen) atoms.